The number of hydrogen-bond donors (Lipinski definition) is 1. The van der Waals surface area contributed by atoms with Crippen LogP contribution in [0.1, 0.15) is 13.3 Å². The first-order valence-electron chi connectivity index (χ1n) is 8.71. The minimum absolute atomic E-state index is 0.160. The number of fused-ring (bicyclic) bond motifs is 1. The molecule has 0 unspecified atom stereocenters. The van der Waals surface area contributed by atoms with Gasteiger partial charge in [0.05, 0.1) is 10.9 Å². The van der Waals surface area contributed by atoms with Crippen LogP contribution in [0.2, 0.25) is 0 Å². The van der Waals surface area contributed by atoms with Crippen LogP contribution in [0.5, 0.6) is 0 Å². The summed E-state index contributed by atoms with van der Waals surface area (Å²) in [7, 11) is 0. The predicted molar refractivity (Wildman–Crippen MR) is 110 cm³/mol. The maximum atomic E-state index is 12.8. The molecule has 3 rings (SSSR count). The highest BCUT2D eigenvalue weighted by atomic mass is 32.2. The molecule has 0 bridgehead atoms. The number of amides is 1. The van der Waals surface area contributed by atoms with Gasteiger partial charge in [0, 0.05) is 17.1 Å². The zero-order valence-corrected chi connectivity index (χ0v) is 16.1. The maximum absolute atomic E-state index is 12.8. The summed E-state index contributed by atoms with van der Waals surface area (Å²) < 4.78 is 2.56. The maximum Gasteiger partial charge on any atom is 0.331 e. The highest BCUT2D eigenvalue weighted by Crippen LogP contribution is 2.19. The van der Waals surface area contributed by atoms with Crippen molar-refractivity contribution in [1.29, 1.82) is 0 Å². The second-order valence-corrected chi connectivity index (χ2v) is 7.00. The van der Waals surface area contributed by atoms with Gasteiger partial charge in [0.25, 0.3) is 5.56 Å². The van der Waals surface area contributed by atoms with Crippen molar-refractivity contribution in [3.05, 3.63) is 69.4 Å². The fourth-order valence-electron chi connectivity index (χ4n) is 2.99. The Labute approximate surface area is 160 Å². The molecule has 0 fully saturated rings. The first kappa shape index (κ1) is 19.0. The van der Waals surface area contributed by atoms with Gasteiger partial charge in [-0.2, -0.15) is 0 Å². The van der Waals surface area contributed by atoms with Crippen LogP contribution in [0.25, 0.3) is 10.9 Å². The molecule has 1 N–H and O–H groups in total. The van der Waals surface area contributed by atoms with Crippen molar-refractivity contribution >= 4 is 34.3 Å². The quantitative estimate of drug-likeness (QED) is 0.664. The van der Waals surface area contributed by atoms with Gasteiger partial charge in [0.15, 0.2) is 0 Å². The molecule has 27 heavy (non-hydrogen) atoms. The van der Waals surface area contributed by atoms with Gasteiger partial charge >= 0.3 is 5.69 Å². The van der Waals surface area contributed by atoms with Crippen LogP contribution >= 0.6 is 11.8 Å². The molecule has 0 aliphatic rings. The van der Waals surface area contributed by atoms with Gasteiger partial charge in [0.1, 0.15) is 6.54 Å². The largest absolute Gasteiger partial charge is 0.331 e. The summed E-state index contributed by atoms with van der Waals surface area (Å²) in [5, 5.41) is 3.26. The number of nitrogens with one attached hydrogen (secondary N) is 1. The fourth-order valence-corrected chi connectivity index (χ4v) is 3.45. The van der Waals surface area contributed by atoms with Crippen LogP contribution in [0.4, 0.5) is 5.69 Å². The lowest BCUT2D eigenvalue weighted by atomic mass is 10.2. The van der Waals surface area contributed by atoms with Gasteiger partial charge in [-0.15, -0.1) is 11.8 Å². The Bertz CT molecular complexity index is 1100. The summed E-state index contributed by atoms with van der Waals surface area (Å²) in [5.41, 5.74) is 0.356. The Morgan fingerprint density at radius 2 is 1.85 bits per heavy atom. The zero-order valence-electron chi connectivity index (χ0n) is 15.3. The molecule has 0 aliphatic carbocycles. The monoisotopic (exact) mass is 383 g/mol. The van der Waals surface area contributed by atoms with Crippen molar-refractivity contribution < 1.29 is 4.79 Å². The molecule has 6 nitrogen and oxygen atoms in total. The average Bonchev–Trinajstić information content (AvgIpc) is 2.68. The van der Waals surface area contributed by atoms with Gasteiger partial charge in [-0.1, -0.05) is 25.1 Å². The van der Waals surface area contributed by atoms with Crippen molar-refractivity contribution in [1.82, 2.24) is 9.13 Å². The highest BCUT2D eigenvalue weighted by molar-refractivity contribution is 7.98. The molecule has 0 aliphatic heterocycles. The van der Waals surface area contributed by atoms with Crippen molar-refractivity contribution in [2.75, 3.05) is 11.6 Å². The first-order valence-corrected chi connectivity index (χ1v) is 9.94. The molecule has 140 valence electrons. The third kappa shape index (κ3) is 3.98. The standard InChI is InChI=1S/C20H21N3O3S/c1-3-11-22-19(25)16-9-4-5-10-17(16)23(20(22)26)13-18(24)21-14-7-6-8-15(12-14)27-2/h4-10,12H,3,11,13H2,1-2H3,(H,21,24). The van der Waals surface area contributed by atoms with E-state index in [0.717, 1.165) is 4.90 Å². The van der Waals surface area contributed by atoms with Gasteiger partial charge in [0.2, 0.25) is 5.91 Å². The summed E-state index contributed by atoms with van der Waals surface area (Å²) in [6.45, 7) is 2.06. The lowest BCUT2D eigenvalue weighted by Gasteiger charge is -2.14. The van der Waals surface area contributed by atoms with Crippen LogP contribution in [0, 0.1) is 0 Å². The van der Waals surface area contributed by atoms with Crippen LogP contribution in [0.3, 0.4) is 0 Å². The van der Waals surface area contributed by atoms with Gasteiger partial charge in [-0.05, 0) is 43.0 Å². The van der Waals surface area contributed by atoms with E-state index in [2.05, 4.69) is 5.32 Å². The van der Waals surface area contributed by atoms with Crippen LogP contribution in [-0.4, -0.2) is 21.3 Å². The molecule has 0 saturated carbocycles. The summed E-state index contributed by atoms with van der Waals surface area (Å²) in [6, 6.07) is 14.4. The van der Waals surface area contributed by atoms with Crippen LogP contribution in [-0.2, 0) is 17.9 Å². The molecule has 0 spiro atoms. The highest BCUT2D eigenvalue weighted by Gasteiger charge is 2.15. The first-order chi connectivity index (χ1) is 13.0. The fraction of sp³-hybridized carbons (Fsp3) is 0.250. The number of para-hydroxylation sites is 1. The minimum atomic E-state index is -0.464. The van der Waals surface area contributed by atoms with Gasteiger partial charge in [-0.25, -0.2) is 4.79 Å². The number of rotatable bonds is 6. The Balaban J connectivity index is 1.99. The molecule has 2 aromatic carbocycles. The van der Waals surface area contributed by atoms with E-state index < -0.39 is 5.69 Å². The number of thioether (sulfide) groups is 1. The van der Waals surface area contributed by atoms with E-state index >= 15 is 0 Å². The van der Waals surface area contributed by atoms with Crippen molar-refractivity contribution in [2.24, 2.45) is 0 Å². The Morgan fingerprint density at radius 1 is 1.07 bits per heavy atom. The van der Waals surface area contributed by atoms with Gasteiger partial charge < -0.3 is 5.32 Å². The zero-order chi connectivity index (χ0) is 19.4. The number of anilines is 1. The molecular weight excluding hydrogens is 362 g/mol. The molecule has 0 saturated heterocycles. The van der Waals surface area contributed by atoms with Crippen LogP contribution < -0.4 is 16.6 Å². The summed E-state index contributed by atoms with van der Waals surface area (Å²) >= 11 is 1.58. The SMILES string of the molecule is CCCn1c(=O)c2ccccc2n(CC(=O)Nc2cccc(SC)c2)c1=O. The Kier molecular flexibility index (Phi) is 5.81. The van der Waals surface area contributed by atoms with E-state index in [0.29, 0.717) is 29.6 Å². The molecule has 0 radical (unpaired) electrons. The topological polar surface area (TPSA) is 73.1 Å². The lowest BCUT2D eigenvalue weighted by Crippen LogP contribution is -2.41. The van der Waals surface area contributed by atoms with E-state index in [9.17, 15) is 14.4 Å². The molecule has 3 aromatic rings. The van der Waals surface area contributed by atoms with E-state index in [4.69, 9.17) is 0 Å². The molecule has 7 heteroatoms. The smallest absolute Gasteiger partial charge is 0.324 e. The summed E-state index contributed by atoms with van der Waals surface area (Å²) in [4.78, 5) is 39.0. The number of aromatic nitrogens is 2. The molecule has 0 atom stereocenters. The molecule has 1 aromatic heterocycles. The summed E-state index contributed by atoms with van der Waals surface area (Å²) in [5.74, 6) is -0.317. The Hall–Kier alpha value is -2.80. The number of benzene rings is 2. The van der Waals surface area contributed by atoms with E-state index in [1.54, 1.807) is 42.1 Å². The molecule has 1 amide bonds. The molecule has 1 heterocycles. The number of nitrogens with zero attached hydrogens (tertiary/aromatic N) is 2. The van der Waals surface area contributed by atoms with Crippen molar-refractivity contribution in [3.8, 4) is 0 Å². The third-order valence-corrected chi connectivity index (χ3v) is 4.96. The van der Waals surface area contributed by atoms with Gasteiger partial charge in [-0.3, -0.25) is 18.7 Å². The normalized spacial score (nSPS) is 10.9. The number of hydrogen-bond acceptors (Lipinski definition) is 4. The lowest BCUT2D eigenvalue weighted by molar-refractivity contribution is -0.116. The number of carbonyl (C=O) groups excluding carboxylic acids is 1. The number of carbonyl (C=O) groups is 1. The van der Waals surface area contributed by atoms with E-state index in [-0.39, 0.29) is 18.0 Å². The third-order valence-electron chi connectivity index (χ3n) is 4.23. The van der Waals surface area contributed by atoms with Crippen molar-refractivity contribution in [3.63, 3.8) is 0 Å². The van der Waals surface area contributed by atoms with Crippen LogP contribution in [0.15, 0.2) is 63.0 Å². The predicted octanol–water partition coefficient (Wildman–Crippen LogP) is 2.93. The Morgan fingerprint density at radius 3 is 2.59 bits per heavy atom. The van der Waals surface area contributed by atoms with E-state index in [1.807, 2.05) is 31.4 Å². The minimum Gasteiger partial charge on any atom is -0.324 e. The van der Waals surface area contributed by atoms with Crippen molar-refractivity contribution in [2.45, 2.75) is 31.3 Å². The second-order valence-electron chi connectivity index (χ2n) is 6.12. The molecular formula is C20H21N3O3S. The van der Waals surface area contributed by atoms with E-state index in [1.165, 1.54) is 9.13 Å². The summed E-state index contributed by atoms with van der Waals surface area (Å²) in [6.07, 6.45) is 2.62. The average molecular weight is 383 g/mol. The second kappa shape index (κ2) is 8.26.